The number of benzene rings is 3. The molecular weight excluding hydrogens is 911 g/mol. The summed E-state index contributed by atoms with van der Waals surface area (Å²) in [5.74, 6) is -3.10. The van der Waals surface area contributed by atoms with Crippen LogP contribution in [0.1, 0.15) is 70.9 Å². The van der Waals surface area contributed by atoms with Gasteiger partial charge < -0.3 is 57.9 Å². The van der Waals surface area contributed by atoms with Gasteiger partial charge in [0.1, 0.15) is 23.3 Å². The first-order valence-corrected chi connectivity index (χ1v) is 22.7. The van der Waals surface area contributed by atoms with Gasteiger partial charge >= 0.3 is 35.8 Å². The van der Waals surface area contributed by atoms with Gasteiger partial charge in [0.2, 0.25) is 26.3 Å². The van der Waals surface area contributed by atoms with Gasteiger partial charge in [0.25, 0.3) is 0 Å². The molecule has 0 aromatic heterocycles. The molecule has 1 amide bonds. The van der Waals surface area contributed by atoms with Gasteiger partial charge in [-0.3, -0.25) is 38.5 Å². The molecule has 0 aliphatic carbocycles. The third-order valence-electron chi connectivity index (χ3n) is 10.9. The summed E-state index contributed by atoms with van der Waals surface area (Å²) in [7, 11) is 9.60. The molecule has 0 saturated heterocycles. The largest absolute Gasteiger partial charge is 0.496 e. The Labute approximate surface area is 407 Å². The lowest BCUT2D eigenvalue weighted by molar-refractivity contribution is -0.172. The van der Waals surface area contributed by atoms with E-state index in [0.717, 1.165) is 75.6 Å². The van der Waals surface area contributed by atoms with Crippen molar-refractivity contribution in [1.29, 1.82) is 0 Å². The molecular formula is C50H65N5O15. The SMILES string of the molecule is C=c1ccc2c(c1)Oc1cc(N(C)C)ccc1C=2c1cc(N(C)C)c(N(CC)CCCC(=O)NCCCCC(C(=O)OCOC(C)=O)N(CC(=O)OCOC(C)=O)CC(=O)OCOC(C)=O)cc1OC. The maximum Gasteiger partial charge on any atom is 0.326 e. The molecule has 3 aromatic carbocycles. The fraction of sp³-hybridized carbons (Fsp3) is 0.460. The molecule has 1 aliphatic heterocycles. The lowest BCUT2D eigenvalue weighted by Crippen LogP contribution is -2.48. The molecule has 380 valence electrons. The molecule has 1 aliphatic rings. The van der Waals surface area contributed by atoms with Crippen molar-refractivity contribution in [2.45, 2.75) is 65.8 Å². The summed E-state index contributed by atoms with van der Waals surface area (Å²) in [6.45, 7) is 7.49. The highest BCUT2D eigenvalue weighted by Crippen LogP contribution is 2.44. The number of ether oxygens (including phenoxy) is 8. The quantitative estimate of drug-likeness (QED) is 0.0392. The molecule has 0 saturated carbocycles. The minimum atomic E-state index is -1.28. The number of carbonyl (C=O) groups excluding carboxylic acids is 7. The maximum atomic E-state index is 13.3. The van der Waals surface area contributed by atoms with E-state index in [-0.39, 0.29) is 25.3 Å². The third kappa shape index (κ3) is 16.4. The molecule has 0 radical (unpaired) electrons. The lowest BCUT2D eigenvalue weighted by Gasteiger charge is -2.31. The van der Waals surface area contributed by atoms with E-state index in [4.69, 9.17) is 28.4 Å². The lowest BCUT2D eigenvalue weighted by atomic mass is 9.90. The molecule has 20 nitrogen and oxygen atoms in total. The monoisotopic (exact) mass is 975 g/mol. The van der Waals surface area contributed by atoms with Crippen LogP contribution < -0.4 is 39.9 Å². The van der Waals surface area contributed by atoms with E-state index in [9.17, 15) is 33.6 Å². The number of carbonyl (C=O) groups is 7. The fourth-order valence-electron chi connectivity index (χ4n) is 7.46. The molecule has 4 rings (SSSR count). The van der Waals surface area contributed by atoms with Crippen LogP contribution in [-0.4, -0.2) is 141 Å². The molecule has 1 atom stereocenters. The number of nitrogens with zero attached hydrogens (tertiary/aromatic N) is 4. The van der Waals surface area contributed by atoms with E-state index >= 15 is 0 Å². The summed E-state index contributed by atoms with van der Waals surface area (Å²) in [5, 5.41) is 4.66. The van der Waals surface area contributed by atoms with Gasteiger partial charge in [-0.25, -0.2) is 0 Å². The number of fused-ring (bicyclic) bond motifs is 2. The second-order valence-electron chi connectivity index (χ2n) is 16.5. The number of unbranched alkanes of at least 4 members (excludes halogenated alkanes) is 1. The summed E-state index contributed by atoms with van der Waals surface area (Å²) < 4.78 is 41.6. The highest BCUT2D eigenvalue weighted by Gasteiger charge is 2.32. The third-order valence-corrected chi connectivity index (χ3v) is 10.9. The zero-order valence-electron chi connectivity index (χ0n) is 41.5. The molecule has 0 bridgehead atoms. The Morgan fingerprint density at radius 2 is 1.31 bits per heavy atom. The summed E-state index contributed by atoms with van der Waals surface area (Å²) in [4.78, 5) is 93.0. The van der Waals surface area contributed by atoms with Crippen molar-refractivity contribution in [3.05, 3.63) is 70.1 Å². The van der Waals surface area contributed by atoms with Crippen molar-refractivity contribution in [2.24, 2.45) is 0 Å². The smallest absolute Gasteiger partial charge is 0.326 e. The standard InChI is InChI=1S/C50H65N5O15/c1-11-54(42-26-43(63-10)39(25-41(42)53(8)9)49-37-19-17-32(2)23-44(37)70-45-24-36(52(6)7)18-20-38(45)49)22-14-16-46(59)51-21-13-12-15-40(50(62)69-31-66-35(5)58)55(27-47(60)67-29-64-33(3)56)28-48(61)68-30-65-34(4)57/h17-20,23-26,40H,2,11-16,21-22,27-31H2,1,3-10H3,(H,51,59). The van der Waals surface area contributed by atoms with E-state index in [1.165, 1.54) is 0 Å². The Bertz CT molecular complexity index is 2440. The number of anilines is 3. The molecule has 1 N–H and O–H groups in total. The first-order chi connectivity index (χ1) is 33.3. The topological polar surface area (TPSA) is 218 Å². The summed E-state index contributed by atoms with van der Waals surface area (Å²) in [5.41, 5.74) is 5.67. The van der Waals surface area contributed by atoms with Crippen molar-refractivity contribution < 1.29 is 71.5 Å². The normalized spacial score (nSPS) is 11.7. The summed E-state index contributed by atoms with van der Waals surface area (Å²) in [6.07, 6.45) is 1.43. The van der Waals surface area contributed by atoms with Crippen molar-refractivity contribution in [3.8, 4) is 17.2 Å². The fourth-order valence-corrected chi connectivity index (χ4v) is 7.46. The summed E-state index contributed by atoms with van der Waals surface area (Å²) >= 11 is 0. The molecule has 3 aromatic rings. The average Bonchev–Trinajstić information content (AvgIpc) is 3.29. The minimum absolute atomic E-state index is 0.00569. The van der Waals surface area contributed by atoms with Crippen molar-refractivity contribution in [1.82, 2.24) is 10.2 Å². The van der Waals surface area contributed by atoms with Crippen molar-refractivity contribution in [2.75, 3.05) is 103 Å². The molecule has 1 heterocycles. The predicted octanol–water partition coefficient (Wildman–Crippen LogP) is 3.35. The molecule has 20 heteroatoms. The summed E-state index contributed by atoms with van der Waals surface area (Å²) in [6, 6.07) is 15.0. The van der Waals surface area contributed by atoms with Crippen LogP contribution in [0.25, 0.3) is 12.2 Å². The van der Waals surface area contributed by atoms with E-state index in [0.29, 0.717) is 43.9 Å². The zero-order valence-corrected chi connectivity index (χ0v) is 41.5. The van der Waals surface area contributed by atoms with Gasteiger partial charge in [-0.05, 0) is 62.1 Å². The number of hydrogen-bond donors (Lipinski definition) is 1. The van der Waals surface area contributed by atoms with Gasteiger partial charge in [0.05, 0.1) is 31.6 Å². The Balaban J connectivity index is 1.44. The van der Waals surface area contributed by atoms with Gasteiger partial charge in [0.15, 0.2) is 0 Å². The Morgan fingerprint density at radius 3 is 1.89 bits per heavy atom. The van der Waals surface area contributed by atoms with Gasteiger partial charge in [-0.2, -0.15) is 0 Å². The average molecular weight is 976 g/mol. The maximum absolute atomic E-state index is 13.3. The van der Waals surface area contributed by atoms with E-state index in [1.54, 1.807) is 7.11 Å². The van der Waals surface area contributed by atoms with Gasteiger partial charge in [-0.1, -0.05) is 18.7 Å². The number of nitrogens with one attached hydrogen (secondary N) is 1. The number of rotatable bonds is 27. The molecule has 0 fully saturated rings. The molecule has 1 unspecified atom stereocenters. The van der Waals surface area contributed by atoms with E-state index in [2.05, 4.69) is 56.3 Å². The highest BCUT2D eigenvalue weighted by molar-refractivity contribution is 5.92. The van der Waals surface area contributed by atoms with Crippen LogP contribution in [0, 0.1) is 0 Å². The Hall–Kier alpha value is -7.35. The Kier molecular flexibility index (Phi) is 21.3. The zero-order chi connectivity index (χ0) is 51.5. The number of amides is 1. The van der Waals surface area contributed by atoms with E-state index < -0.39 is 75.3 Å². The highest BCUT2D eigenvalue weighted by atomic mass is 16.7. The van der Waals surface area contributed by atoms with Crippen LogP contribution in [0.3, 0.4) is 0 Å². The first-order valence-electron chi connectivity index (χ1n) is 22.7. The van der Waals surface area contributed by atoms with E-state index in [1.807, 2.05) is 63.4 Å². The minimum Gasteiger partial charge on any atom is -0.496 e. The van der Waals surface area contributed by atoms with Crippen LogP contribution in [0.15, 0.2) is 48.5 Å². The number of esters is 6. The van der Waals surface area contributed by atoms with Crippen LogP contribution in [0.4, 0.5) is 17.1 Å². The van der Waals surface area contributed by atoms with Crippen LogP contribution in [0.2, 0.25) is 0 Å². The molecule has 70 heavy (non-hydrogen) atoms. The number of hydrogen-bond acceptors (Lipinski definition) is 19. The predicted molar refractivity (Wildman–Crippen MR) is 259 cm³/mol. The molecule has 0 spiro atoms. The second-order valence-corrected chi connectivity index (χ2v) is 16.5. The second kappa shape index (κ2) is 27.0. The number of methoxy groups -OCH3 is 1. The van der Waals surface area contributed by atoms with Crippen LogP contribution in [0.5, 0.6) is 17.2 Å². The Morgan fingerprint density at radius 1 is 0.686 bits per heavy atom. The van der Waals surface area contributed by atoms with Crippen molar-refractivity contribution >= 4 is 70.9 Å². The first kappa shape index (κ1) is 55.2. The van der Waals surface area contributed by atoms with Crippen LogP contribution >= 0.6 is 0 Å². The van der Waals surface area contributed by atoms with Crippen LogP contribution in [-0.2, 0) is 62.0 Å². The van der Waals surface area contributed by atoms with Crippen molar-refractivity contribution in [3.63, 3.8) is 0 Å². The van der Waals surface area contributed by atoms with Gasteiger partial charge in [-0.15, -0.1) is 0 Å². The van der Waals surface area contributed by atoms with Gasteiger partial charge in [0, 0.05) is 115 Å².